The van der Waals surface area contributed by atoms with Crippen LogP contribution in [0.3, 0.4) is 0 Å². The number of carbonyl (C=O) groups is 1. The Bertz CT molecular complexity index is 219. The number of rotatable bonds is 1. The van der Waals surface area contributed by atoms with Gasteiger partial charge in [-0.25, -0.2) is 0 Å². The first-order valence-corrected chi connectivity index (χ1v) is 6.45. The van der Waals surface area contributed by atoms with Crippen LogP contribution in [-0.4, -0.2) is 50.2 Å². The van der Waals surface area contributed by atoms with Gasteiger partial charge in [-0.05, 0) is 25.8 Å². The highest BCUT2D eigenvalue weighted by Crippen LogP contribution is 2.28. The zero-order valence-corrected chi connectivity index (χ0v) is 9.91. The predicted octanol–water partition coefficient (Wildman–Crippen LogP) is 0.625. The van der Waals surface area contributed by atoms with E-state index >= 15 is 0 Å². The Balaban J connectivity index is 1.81. The van der Waals surface area contributed by atoms with E-state index in [2.05, 4.69) is 5.32 Å². The molecule has 1 amide bonds. The van der Waals surface area contributed by atoms with E-state index in [1.165, 1.54) is 6.42 Å². The minimum Gasteiger partial charge on any atom is -0.378 e. The second-order valence-corrected chi connectivity index (χ2v) is 4.67. The lowest BCUT2D eigenvalue weighted by molar-refractivity contribution is -0.139. The summed E-state index contributed by atoms with van der Waals surface area (Å²) in [6, 6.07) is 0. The first kappa shape index (κ1) is 11.9. The van der Waals surface area contributed by atoms with E-state index in [0.717, 1.165) is 52.0 Å². The fraction of sp³-hybridized carbons (Fsp3) is 0.917. The Kier molecular flexibility index (Phi) is 4.60. The van der Waals surface area contributed by atoms with E-state index in [1.807, 2.05) is 4.90 Å². The molecule has 4 heteroatoms. The van der Waals surface area contributed by atoms with E-state index in [-0.39, 0.29) is 0 Å². The lowest BCUT2D eigenvalue weighted by atomic mass is 9.84. The van der Waals surface area contributed by atoms with Gasteiger partial charge >= 0.3 is 0 Å². The zero-order chi connectivity index (χ0) is 11.2. The van der Waals surface area contributed by atoms with Crippen LogP contribution in [0.15, 0.2) is 0 Å². The molecule has 16 heavy (non-hydrogen) atoms. The third-order valence-corrected chi connectivity index (χ3v) is 3.48. The maximum Gasteiger partial charge on any atom is 0.225 e. The van der Waals surface area contributed by atoms with Gasteiger partial charge < -0.3 is 15.0 Å². The van der Waals surface area contributed by atoms with Gasteiger partial charge in [-0.3, -0.25) is 4.79 Å². The quantitative estimate of drug-likeness (QED) is 0.713. The molecule has 0 spiro atoms. The van der Waals surface area contributed by atoms with Crippen LogP contribution in [0.1, 0.15) is 25.7 Å². The molecule has 2 fully saturated rings. The second-order valence-electron chi connectivity index (χ2n) is 4.67. The van der Waals surface area contributed by atoms with Gasteiger partial charge in [0.2, 0.25) is 5.91 Å². The SMILES string of the molecule is O=C(C1CCC1)N1CCCNCCOCC1. The minimum absolute atomic E-state index is 0.316. The summed E-state index contributed by atoms with van der Waals surface area (Å²) in [5.74, 6) is 0.673. The van der Waals surface area contributed by atoms with Gasteiger partial charge in [0.15, 0.2) is 0 Å². The molecule has 0 radical (unpaired) electrons. The minimum atomic E-state index is 0.316. The van der Waals surface area contributed by atoms with E-state index in [0.29, 0.717) is 18.4 Å². The van der Waals surface area contributed by atoms with Crippen molar-refractivity contribution in [3.05, 3.63) is 0 Å². The number of amides is 1. The molecule has 1 heterocycles. The molecule has 1 aliphatic carbocycles. The van der Waals surface area contributed by atoms with Gasteiger partial charge in [0.1, 0.15) is 0 Å². The highest BCUT2D eigenvalue weighted by molar-refractivity contribution is 5.79. The first-order valence-electron chi connectivity index (χ1n) is 6.45. The largest absolute Gasteiger partial charge is 0.378 e. The third kappa shape index (κ3) is 3.19. The van der Waals surface area contributed by atoms with Crippen LogP contribution in [0.5, 0.6) is 0 Å². The summed E-state index contributed by atoms with van der Waals surface area (Å²) >= 11 is 0. The molecule has 1 saturated carbocycles. The van der Waals surface area contributed by atoms with Crippen LogP contribution in [0.25, 0.3) is 0 Å². The summed E-state index contributed by atoms with van der Waals surface area (Å²) < 4.78 is 5.47. The molecule has 2 rings (SSSR count). The van der Waals surface area contributed by atoms with Crippen molar-refractivity contribution in [2.45, 2.75) is 25.7 Å². The third-order valence-electron chi connectivity index (χ3n) is 3.48. The molecule has 1 N–H and O–H groups in total. The van der Waals surface area contributed by atoms with Crippen LogP contribution in [0, 0.1) is 5.92 Å². The van der Waals surface area contributed by atoms with Crippen molar-refractivity contribution < 1.29 is 9.53 Å². The maximum atomic E-state index is 12.1. The van der Waals surface area contributed by atoms with Gasteiger partial charge in [-0.15, -0.1) is 0 Å². The number of hydrogen-bond acceptors (Lipinski definition) is 3. The smallest absolute Gasteiger partial charge is 0.225 e. The molecule has 1 aliphatic heterocycles. The highest BCUT2D eigenvalue weighted by Gasteiger charge is 2.29. The lowest BCUT2D eigenvalue weighted by Gasteiger charge is -2.32. The first-order chi connectivity index (χ1) is 7.88. The Morgan fingerprint density at radius 3 is 2.75 bits per heavy atom. The summed E-state index contributed by atoms with van der Waals surface area (Å²) in [5.41, 5.74) is 0. The summed E-state index contributed by atoms with van der Waals surface area (Å²) in [6.07, 6.45) is 4.46. The average Bonchev–Trinajstić information content (AvgIpc) is 2.23. The lowest BCUT2D eigenvalue weighted by Crippen LogP contribution is -2.42. The van der Waals surface area contributed by atoms with Crippen molar-refractivity contribution in [1.29, 1.82) is 0 Å². The van der Waals surface area contributed by atoms with Crippen LogP contribution < -0.4 is 5.32 Å². The second kappa shape index (κ2) is 6.21. The molecular formula is C12H22N2O2. The molecule has 2 aliphatic rings. The molecule has 4 nitrogen and oxygen atoms in total. The van der Waals surface area contributed by atoms with Gasteiger partial charge in [0.25, 0.3) is 0 Å². The molecule has 0 unspecified atom stereocenters. The van der Waals surface area contributed by atoms with E-state index in [1.54, 1.807) is 0 Å². The van der Waals surface area contributed by atoms with Gasteiger partial charge in [-0.1, -0.05) is 6.42 Å². The molecule has 0 bridgehead atoms. The monoisotopic (exact) mass is 226 g/mol. The van der Waals surface area contributed by atoms with Crippen LogP contribution in [0.2, 0.25) is 0 Å². The molecule has 92 valence electrons. The average molecular weight is 226 g/mol. The normalized spacial score (nSPS) is 24.9. The molecule has 0 aromatic carbocycles. The molecule has 0 atom stereocenters. The summed E-state index contributed by atoms with van der Waals surface area (Å²) in [5, 5.41) is 3.31. The van der Waals surface area contributed by atoms with Crippen molar-refractivity contribution >= 4 is 5.91 Å². The standard InChI is InChI=1S/C12H22N2O2/c15-12(11-3-1-4-11)14-7-2-5-13-6-9-16-10-8-14/h11,13H,1-10H2. The van der Waals surface area contributed by atoms with Gasteiger partial charge in [-0.2, -0.15) is 0 Å². The number of ether oxygens (including phenoxy) is 1. The zero-order valence-electron chi connectivity index (χ0n) is 9.91. The van der Waals surface area contributed by atoms with Crippen molar-refractivity contribution in [3.63, 3.8) is 0 Å². The maximum absolute atomic E-state index is 12.1. The molecule has 0 aromatic heterocycles. The highest BCUT2D eigenvalue weighted by atomic mass is 16.5. The number of carbonyl (C=O) groups excluding carboxylic acids is 1. The van der Waals surface area contributed by atoms with Crippen molar-refractivity contribution in [3.8, 4) is 0 Å². The van der Waals surface area contributed by atoms with Crippen molar-refractivity contribution in [2.24, 2.45) is 5.92 Å². The van der Waals surface area contributed by atoms with Crippen molar-refractivity contribution in [1.82, 2.24) is 10.2 Å². The number of nitrogens with zero attached hydrogens (tertiary/aromatic N) is 1. The molecular weight excluding hydrogens is 204 g/mol. The Hall–Kier alpha value is -0.610. The summed E-state index contributed by atoms with van der Waals surface area (Å²) in [4.78, 5) is 14.1. The molecule has 1 saturated heterocycles. The van der Waals surface area contributed by atoms with E-state index in [9.17, 15) is 4.79 Å². The fourth-order valence-electron chi connectivity index (χ4n) is 2.19. The van der Waals surface area contributed by atoms with Crippen molar-refractivity contribution in [2.75, 3.05) is 39.4 Å². The predicted molar refractivity (Wildman–Crippen MR) is 62.2 cm³/mol. The Morgan fingerprint density at radius 1 is 1.12 bits per heavy atom. The van der Waals surface area contributed by atoms with E-state index in [4.69, 9.17) is 4.74 Å². The Labute approximate surface area is 97.3 Å². The summed E-state index contributed by atoms with van der Waals surface area (Å²) in [7, 11) is 0. The van der Waals surface area contributed by atoms with Gasteiger partial charge in [0, 0.05) is 25.6 Å². The van der Waals surface area contributed by atoms with Gasteiger partial charge in [0.05, 0.1) is 13.2 Å². The van der Waals surface area contributed by atoms with E-state index < -0.39 is 0 Å². The number of nitrogens with one attached hydrogen (secondary N) is 1. The fourth-order valence-corrected chi connectivity index (χ4v) is 2.19. The Morgan fingerprint density at radius 2 is 2.00 bits per heavy atom. The molecule has 0 aromatic rings. The van der Waals surface area contributed by atoms with Crippen LogP contribution >= 0.6 is 0 Å². The number of hydrogen-bond donors (Lipinski definition) is 1. The summed E-state index contributed by atoms with van der Waals surface area (Å²) in [6.45, 7) is 5.00. The van der Waals surface area contributed by atoms with Crippen LogP contribution in [-0.2, 0) is 9.53 Å². The topological polar surface area (TPSA) is 41.6 Å². The van der Waals surface area contributed by atoms with Crippen LogP contribution in [0.4, 0.5) is 0 Å².